The third kappa shape index (κ3) is 4.22. The van der Waals surface area contributed by atoms with E-state index >= 15 is 0 Å². The van der Waals surface area contributed by atoms with Crippen LogP contribution in [0.25, 0.3) is 0 Å². The molecule has 0 bridgehead atoms. The maximum Gasteiger partial charge on any atom is 0.309 e. The number of halogens is 1. The molecule has 4 heteroatoms. The molecule has 0 N–H and O–H groups in total. The molecule has 0 aromatic carbocycles. The second kappa shape index (κ2) is 7.45. The van der Waals surface area contributed by atoms with Crippen molar-refractivity contribution in [2.45, 2.75) is 81.2 Å². The molecule has 3 fully saturated rings. The summed E-state index contributed by atoms with van der Waals surface area (Å²) in [5.41, 5.74) is 0. The fourth-order valence-corrected chi connectivity index (χ4v) is 4.71. The van der Waals surface area contributed by atoms with E-state index < -0.39 is 0 Å². The predicted octanol–water partition coefficient (Wildman–Crippen LogP) is 3.89. The minimum Gasteiger partial charge on any atom is -0.462 e. The van der Waals surface area contributed by atoms with Crippen molar-refractivity contribution in [3.63, 3.8) is 0 Å². The molecule has 0 aromatic heterocycles. The second-order valence-electron chi connectivity index (χ2n) is 7.06. The van der Waals surface area contributed by atoms with Crippen molar-refractivity contribution >= 4 is 21.9 Å². The first-order chi connectivity index (χ1) is 10.2. The lowest BCUT2D eigenvalue weighted by Crippen LogP contribution is -2.38. The Balaban J connectivity index is 1.40. The summed E-state index contributed by atoms with van der Waals surface area (Å²) in [6.07, 6.45) is 11.7. The molecule has 3 nitrogen and oxygen atoms in total. The topological polar surface area (TPSA) is 29.5 Å². The maximum atomic E-state index is 12.3. The largest absolute Gasteiger partial charge is 0.462 e. The van der Waals surface area contributed by atoms with E-state index in [1.54, 1.807) is 0 Å². The van der Waals surface area contributed by atoms with E-state index in [0.717, 1.165) is 44.6 Å². The van der Waals surface area contributed by atoms with Crippen LogP contribution in [0.5, 0.6) is 0 Å². The quantitative estimate of drug-likeness (QED) is 0.566. The van der Waals surface area contributed by atoms with Crippen LogP contribution in [-0.4, -0.2) is 40.9 Å². The van der Waals surface area contributed by atoms with Gasteiger partial charge in [0.1, 0.15) is 6.10 Å². The highest BCUT2D eigenvalue weighted by Crippen LogP contribution is 2.32. The summed E-state index contributed by atoms with van der Waals surface area (Å²) in [5, 5.41) is 0. The normalized spacial score (nSPS) is 38.3. The van der Waals surface area contributed by atoms with Gasteiger partial charge in [-0.25, -0.2) is 0 Å². The number of carbonyl (C=O) groups excluding carboxylic acids is 1. The third-order valence-corrected chi connectivity index (χ3v) is 6.49. The SMILES string of the molecule is O=C(OC1CCC(Br)CC1)C1CCC(N2CCCC2)CC1. The number of ether oxygens (including phenoxy) is 1. The van der Waals surface area contributed by atoms with Crippen LogP contribution in [0.2, 0.25) is 0 Å². The first-order valence-electron chi connectivity index (χ1n) is 8.81. The lowest BCUT2D eigenvalue weighted by molar-refractivity contribution is -0.157. The molecular weight excluding hydrogens is 330 g/mol. The van der Waals surface area contributed by atoms with Crippen molar-refractivity contribution < 1.29 is 9.53 Å². The Morgan fingerprint density at radius 2 is 1.52 bits per heavy atom. The molecule has 0 amide bonds. The van der Waals surface area contributed by atoms with Crippen LogP contribution in [0.4, 0.5) is 0 Å². The van der Waals surface area contributed by atoms with E-state index in [1.165, 1.54) is 38.8 Å². The van der Waals surface area contributed by atoms with Crippen molar-refractivity contribution in [3.8, 4) is 0 Å². The van der Waals surface area contributed by atoms with Gasteiger partial charge in [0.05, 0.1) is 5.92 Å². The van der Waals surface area contributed by atoms with E-state index in [4.69, 9.17) is 4.74 Å². The van der Waals surface area contributed by atoms with E-state index in [-0.39, 0.29) is 18.0 Å². The number of hydrogen-bond acceptors (Lipinski definition) is 3. The van der Waals surface area contributed by atoms with Gasteiger partial charge in [-0.05, 0) is 77.3 Å². The van der Waals surface area contributed by atoms with Crippen molar-refractivity contribution in [2.75, 3.05) is 13.1 Å². The summed E-state index contributed by atoms with van der Waals surface area (Å²) in [4.78, 5) is 15.6. The number of hydrogen-bond donors (Lipinski definition) is 0. The van der Waals surface area contributed by atoms with Crippen LogP contribution < -0.4 is 0 Å². The zero-order chi connectivity index (χ0) is 14.7. The molecular formula is C17H28BrNO2. The van der Waals surface area contributed by atoms with E-state index in [9.17, 15) is 4.79 Å². The minimum atomic E-state index is 0.0906. The zero-order valence-corrected chi connectivity index (χ0v) is 14.5. The molecule has 0 spiro atoms. The Hall–Kier alpha value is -0.0900. The molecule has 21 heavy (non-hydrogen) atoms. The highest BCUT2D eigenvalue weighted by molar-refractivity contribution is 9.09. The van der Waals surface area contributed by atoms with Crippen molar-refractivity contribution in [1.29, 1.82) is 0 Å². The molecule has 1 saturated heterocycles. The molecule has 3 rings (SSSR count). The fraction of sp³-hybridized carbons (Fsp3) is 0.941. The lowest BCUT2D eigenvalue weighted by atomic mass is 9.85. The molecule has 0 radical (unpaired) electrons. The number of likely N-dealkylation sites (tertiary alicyclic amines) is 1. The van der Waals surface area contributed by atoms with Gasteiger partial charge in [0.15, 0.2) is 0 Å². The molecule has 1 aliphatic heterocycles. The van der Waals surface area contributed by atoms with Crippen LogP contribution in [0, 0.1) is 5.92 Å². The molecule has 0 unspecified atom stereocenters. The van der Waals surface area contributed by atoms with Gasteiger partial charge in [0.2, 0.25) is 0 Å². The average Bonchev–Trinajstić information content (AvgIpc) is 3.04. The highest BCUT2D eigenvalue weighted by Gasteiger charge is 2.32. The number of alkyl halides is 1. The van der Waals surface area contributed by atoms with Crippen molar-refractivity contribution in [2.24, 2.45) is 5.92 Å². The predicted molar refractivity (Wildman–Crippen MR) is 87.6 cm³/mol. The Bertz CT molecular complexity index is 341. The Morgan fingerprint density at radius 1 is 0.905 bits per heavy atom. The first-order valence-corrected chi connectivity index (χ1v) is 9.72. The smallest absolute Gasteiger partial charge is 0.309 e. The van der Waals surface area contributed by atoms with Gasteiger partial charge in [0.25, 0.3) is 0 Å². The van der Waals surface area contributed by atoms with Gasteiger partial charge in [-0.2, -0.15) is 0 Å². The Kier molecular flexibility index (Phi) is 5.60. The van der Waals surface area contributed by atoms with Gasteiger partial charge in [0, 0.05) is 10.9 Å². The van der Waals surface area contributed by atoms with Gasteiger partial charge >= 0.3 is 5.97 Å². The molecule has 2 saturated carbocycles. The Morgan fingerprint density at radius 3 is 2.14 bits per heavy atom. The van der Waals surface area contributed by atoms with Gasteiger partial charge in [-0.15, -0.1) is 0 Å². The van der Waals surface area contributed by atoms with Crippen LogP contribution in [0.3, 0.4) is 0 Å². The third-order valence-electron chi connectivity index (χ3n) is 5.57. The summed E-state index contributed by atoms with van der Waals surface area (Å²) in [5.74, 6) is 0.262. The van der Waals surface area contributed by atoms with Gasteiger partial charge in [-0.1, -0.05) is 15.9 Å². The standard InChI is InChI=1S/C17H28BrNO2/c18-14-5-9-16(10-6-14)21-17(20)13-3-7-15(8-4-13)19-11-1-2-12-19/h13-16H,1-12H2. The van der Waals surface area contributed by atoms with Crippen LogP contribution in [-0.2, 0) is 9.53 Å². The maximum absolute atomic E-state index is 12.3. The molecule has 120 valence electrons. The molecule has 0 atom stereocenters. The van der Waals surface area contributed by atoms with E-state index in [1.807, 2.05) is 0 Å². The minimum absolute atomic E-state index is 0.0906. The van der Waals surface area contributed by atoms with Gasteiger partial charge < -0.3 is 9.64 Å². The summed E-state index contributed by atoms with van der Waals surface area (Å²) >= 11 is 3.65. The van der Waals surface area contributed by atoms with Crippen LogP contribution >= 0.6 is 15.9 Å². The zero-order valence-electron chi connectivity index (χ0n) is 12.9. The average molecular weight is 358 g/mol. The second-order valence-corrected chi connectivity index (χ2v) is 8.35. The highest BCUT2D eigenvalue weighted by atomic mass is 79.9. The lowest BCUT2D eigenvalue weighted by Gasteiger charge is -2.34. The summed E-state index contributed by atoms with van der Waals surface area (Å²) in [7, 11) is 0. The molecule has 2 aliphatic carbocycles. The van der Waals surface area contributed by atoms with E-state index in [0.29, 0.717) is 4.83 Å². The van der Waals surface area contributed by atoms with Gasteiger partial charge in [-0.3, -0.25) is 4.79 Å². The van der Waals surface area contributed by atoms with Crippen molar-refractivity contribution in [1.82, 2.24) is 4.90 Å². The monoisotopic (exact) mass is 357 g/mol. The number of carbonyl (C=O) groups is 1. The first kappa shape index (κ1) is 15.8. The summed E-state index contributed by atoms with van der Waals surface area (Å²) in [6, 6.07) is 0.736. The molecule has 1 heterocycles. The summed E-state index contributed by atoms with van der Waals surface area (Å²) < 4.78 is 5.77. The number of nitrogens with zero attached hydrogens (tertiary/aromatic N) is 1. The molecule has 0 aromatic rings. The Labute approximate surface area is 136 Å². The van der Waals surface area contributed by atoms with Crippen LogP contribution in [0.1, 0.15) is 64.2 Å². The number of rotatable bonds is 3. The summed E-state index contributed by atoms with van der Waals surface area (Å²) in [6.45, 7) is 2.55. The molecule has 3 aliphatic rings. The van der Waals surface area contributed by atoms with Crippen LogP contribution in [0.15, 0.2) is 0 Å². The van der Waals surface area contributed by atoms with Crippen molar-refractivity contribution in [3.05, 3.63) is 0 Å². The fourth-order valence-electron chi connectivity index (χ4n) is 4.18. The number of esters is 1. The van der Waals surface area contributed by atoms with E-state index in [2.05, 4.69) is 20.8 Å².